The molecule has 1 rings (SSSR count). The number of nitrogens with one attached hydrogen (secondary N) is 2. The highest BCUT2D eigenvalue weighted by Gasteiger charge is 2.03. The van der Waals surface area contributed by atoms with Gasteiger partial charge in [0.25, 0.3) is 5.56 Å². The third-order valence-corrected chi connectivity index (χ3v) is 2.12. The Balaban J connectivity index is 2.76. The van der Waals surface area contributed by atoms with E-state index in [1.807, 2.05) is 13.8 Å². The zero-order valence-electron chi connectivity index (χ0n) is 9.21. The van der Waals surface area contributed by atoms with Crippen molar-refractivity contribution in [3.8, 4) is 0 Å². The lowest BCUT2D eigenvalue weighted by molar-refractivity contribution is 0.711. The summed E-state index contributed by atoms with van der Waals surface area (Å²) in [6.07, 6.45) is 1.58. The molecule has 0 aliphatic rings. The van der Waals surface area contributed by atoms with Gasteiger partial charge in [-0.05, 0) is 19.9 Å². The number of hydrogen-bond acceptors (Lipinski definition) is 4. The van der Waals surface area contributed by atoms with Crippen molar-refractivity contribution in [3.05, 3.63) is 22.2 Å². The average Bonchev–Trinajstić information content (AvgIpc) is 2.17. The normalized spacial score (nSPS) is 12.5. The lowest BCUT2D eigenvalue weighted by Crippen LogP contribution is -2.22. The number of aromatic nitrogens is 2. The second-order valence-corrected chi connectivity index (χ2v) is 3.55. The van der Waals surface area contributed by atoms with Crippen LogP contribution in [0.15, 0.2) is 10.9 Å². The van der Waals surface area contributed by atoms with Crippen molar-refractivity contribution in [2.24, 2.45) is 5.73 Å². The van der Waals surface area contributed by atoms with Gasteiger partial charge in [0, 0.05) is 18.5 Å². The number of hydrogen-bond donors (Lipinski definition) is 3. The summed E-state index contributed by atoms with van der Waals surface area (Å²) in [7, 11) is 0. The molecule has 1 unspecified atom stereocenters. The van der Waals surface area contributed by atoms with Gasteiger partial charge in [-0.1, -0.05) is 6.92 Å². The molecule has 1 atom stereocenters. The minimum atomic E-state index is -0.121. The second kappa shape index (κ2) is 5.50. The largest absolute Gasteiger partial charge is 0.367 e. The number of aryl methyl sites for hydroxylation is 1. The maximum atomic E-state index is 11.2. The molecule has 15 heavy (non-hydrogen) atoms. The lowest BCUT2D eigenvalue weighted by atomic mass is 10.2. The smallest absolute Gasteiger partial charge is 0.252 e. The fraction of sp³-hybridized carbons (Fsp3) is 0.600. The van der Waals surface area contributed by atoms with E-state index in [1.54, 1.807) is 0 Å². The molecule has 1 aromatic rings. The highest BCUT2D eigenvalue weighted by atomic mass is 16.1. The Morgan fingerprint density at radius 3 is 3.00 bits per heavy atom. The number of nitrogens with zero attached hydrogens (tertiary/aromatic N) is 1. The van der Waals surface area contributed by atoms with Crippen LogP contribution in [0.1, 0.15) is 26.1 Å². The summed E-state index contributed by atoms with van der Waals surface area (Å²) in [5, 5.41) is 3.15. The van der Waals surface area contributed by atoms with E-state index in [4.69, 9.17) is 5.73 Å². The molecule has 0 aliphatic carbocycles. The zero-order chi connectivity index (χ0) is 11.3. The topological polar surface area (TPSA) is 83.8 Å². The van der Waals surface area contributed by atoms with Crippen molar-refractivity contribution in [3.63, 3.8) is 0 Å². The van der Waals surface area contributed by atoms with Gasteiger partial charge in [0.05, 0.1) is 0 Å². The molecule has 0 bridgehead atoms. The van der Waals surface area contributed by atoms with Crippen LogP contribution in [-0.2, 0) is 6.42 Å². The molecule has 0 aromatic carbocycles. The van der Waals surface area contributed by atoms with Gasteiger partial charge in [-0.15, -0.1) is 0 Å². The highest BCUT2D eigenvalue weighted by Crippen LogP contribution is 2.03. The van der Waals surface area contributed by atoms with Crippen LogP contribution in [-0.4, -0.2) is 22.6 Å². The van der Waals surface area contributed by atoms with E-state index in [2.05, 4.69) is 15.3 Å². The zero-order valence-corrected chi connectivity index (χ0v) is 9.21. The average molecular weight is 210 g/mol. The first-order valence-electron chi connectivity index (χ1n) is 5.22. The van der Waals surface area contributed by atoms with Crippen LogP contribution < -0.4 is 16.6 Å². The van der Waals surface area contributed by atoms with Gasteiger partial charge in [-0.25, -0.2) is 4.98 Å². The van der Waals surface area contributed by atoms with Gasteiger partial charge in [0.2, 0.25) is 0 Å². The highest BCUT2D eigenvalue weighted by molar-refractivity contribution is 5.33. The van der Waals surface area contributed by atoms with Gasteiger partial charge < -0.3 is 16.0 Å². The van der Waals surface area contributed by atoms with Gasteiger partial charge in [-0.2, -0.15) is 0 Å². The summed E-state index contributed by atoms with van der Waals surface area (Å²) >= 11 is 0. The predicted octanol–water partition coefficient (Wildman–Crippen LogP) is 0.481. The van der Waals surface area contributed by atoms with Gasteiger partial charge >= 0.3 is 0 Å². The number of H-pyrrole nitrogens is 1. The van der Waals surface area contributed by atoms with Crippen molar-refractivity contribution in [1.29, 1.82) is 0 Å². The van der Waals surface area contributed by atoms with Gasteiger partial charge in [0.1, 0.15) is 11.6 Å². The fourth-order valence-electron chi connectivity index (χ4n) is 1.32. The van der Waals surface area contributed by atoms with Crippen molar-refractivity contribution in [2.75, 3.05) is 11.9 Å². The first kappa shape index (κ1) is 11.7. The van der Waals surface area contributed by atoms with E-state index >= 15 is 0 Å². The molecule has 1 heterocycles. The third kappa shape index (κ3) is 3.71. The molecule has 0 saturated heterocycles. The first-order chi connectivity index (χ1) is 7.15. The molecule has 84 valence electrons. The van der Waals surface area contributed by atoms with E-state index in [0.29, 0.717) is 18.2 Å². The van der Waals surface area contributed by atoms with Gasteiger partial charge in [-0.3, -0.25) is 4.79 Å². The van der Waals surface area contributed by atoms with Crippen LogP contribution in [0.2, 0.25) is 0 Å². The Morgan fingerprint density at radius 2 is 2.40 bits per heavy atom. The Kier molecular flexibility index (Phi) is 4.30. The molecular weight excluding hydrogens is 192 g/mol. The number of rotatable bonds is 5. The molecule has 0 aliphatic heterocycles. The summed E-state index contributed by atoms with van der Waals surface area (Å²) in [4.78, 5) is 18.2. The SMILES string of the molecule is CCc1nc(NC(C)CCN)cc(=O)[nH]1. The van der Waals surface area contributed by atoms with Gasteiger partial charge in [0.15, 0.2) is 0 Å². The lowest BCUT2D eigenvalue weighted by Gasteiger charge is -2.13. The minimum absolute atomic E-state index is 0.121. The molecule has 0 spiro atoms. The molecule has 1 aromatic heterocycles. The van der Waals surface area contributed by atoms with Crippen molar-refractivity contribution >= 4 is 5.82 Å². The summed E-state index contributed by atoms with van der Waals surface area (Å²) in [5.41, 5.74) is 5.32. The molecular formula is C10H18N4O. The maximum absolute atomic E-state index is 11.2. The standard InChI is InChI=1S/C10H18N4O/c1-3-8-13-9(6-10(15)14-8)12-7(2)4-5-11/h6-7H,3-5,11H2,1-2H3,(H2,12,13,14,15). The van der Waals surface area contributed by atoms with Crippen LogP contribution in [0, 0.1) is 0 Å². The van der Waals surface area contributed by atoms with Crippen LogP contribution in [0.3, 0.4) is 0 Å². The molecule has 4 N–H and O–H groups in total. The summed E-state index contributed by atoms with van der Waals surface area (Å²) in [6.45, 7) is 4.59. The summed E-state index contributed by atoms with van der Waals surface area (Å²) in [6, 6.07) is 1.70. The second-order valence-electron chi connectivity index (χ2n) is 3.55. The van der Waals surface area contributed by atoms with Crippen LogP contribution >= 0.6 is 0 Å². The Labute approximate surface area is 89.1 Å². The minimum Gasteiger partial charge on any atom is -0.367 e. The number of nitrogens with two attached hydrogens (primary N) is 1. The predicted molar refractivity (Wildman–Crippen MR) is 61.0 cm³/mol. The molecule has 0 radical (unpaired) electrons. The Morgan fingerprint density at radius 1 is 1.67 bits per heavy atom. The summed E-state index contributed by atoms with van der Waals surface area (Å²) < 4.78 is 0. The van der Waals surface area contributed by atoms with Crippen molar-refractivity contribution in [1.82, 2.24) is 9.97 Å². The Hall–Kier alpha value is -1.36. The summed E-state index contributed by atoms with van der Waals surface area (Å²) in [5.74, 6) is 1.32. The maximum Gasteiger partial charge on any atom is 0.252 e. The number of aromatic amines is 1. The van der Waals surface area contributed by atoms with E-state index in [1.165, 1.54) is 6.07 Å². The molecule has 5 heteroatoms. The fourth-order valence-corrected chi connectivity index (χ4v) is 1.32. The van der Waals surface area contributed by atoms with Crippen molar-refractivity contribution in [2.45, 2.75) is 32.7 Å². The first-order valence-corrected chi connectivity index (χ1v) is 5.22. The molecule has 5 nitrogen and oxygen atoms in total. The van der Waals surface area contributed by atoms with E-state index in [-0.39, 0.29) is 11.6 Å². The van der Waals surface area contributed by atoms with E-state index in [0.717, 1.165) is 12.8 Å². The molecule has 0 fully saturated rings. The number of anilines is 1. The third-order valence-electron chi connectivity index (χ3n) is 2.12. The quantitative estimate of drug-likeness (QED) is 0.660. The Bertz CT molecular complexity index is 361. The van der Waals surface area contributed by atoms with Crippen LogP contribution in [0.4, 0.5) is 5.82 Å². The van der Waals surface area contributed by atoms with Crippen molar-refractivity contribution < 1.29 is 0 Å². The monoisotopic (exact) mass is 210 g/mol. The molecule has 0 amide bonds. The molecule has 0 saturated carbocycles. The van der Waals surface area contributed by atoms with Crippen LogP contribution in [0.25, 0.3) is 0 Å². The van der Waals surface area contributed by atoms with E-state index in [9.17, 15) is 4.79 Å². The van der Waals surface area contributed by atoms with E-state index < -0.39 is 0 Å². The van der Waals surface area contributed by atoms with Crippen LogP contribution in [0.5, 0.6) is 0 Å².